The van der Waals surface area contributed by atoms with Crippen LogP contribution in [0.1, 0.15) is 11.1 Å². The van der Waals surface area contributed by atoms with Crippen LogP contribution in [0.15, 0.2) is 107 Å². The summed E-state index contributed by atoms with van der Waals surface area (Å²) in [5.74, 6) is -0.367. The summed E-state index contributed by atoms with van der Waals surface area (Å²) in [6, 6.07) is 28.9. The van der Waals surface area contributed by atoms with Crippen LogP contribution < -0.4 is 19.3 Å². The molecule has 9 heteroatoms. The SMILES string of the molecule is COc1cc(C=C2C(=O)N(c3ccccc3)C(=S)N(c3ccccc3)C2=O)cc(Cl)c1OCc1ccc(Br)cc1. The lowest BCUT2D eigenvalue weighted by Crippen LogP contribution is -2.56. The Kier molecular flexibility index (Phi) is 8.30. The first kappa shape index (κ1) is 27.6. The Bertz CT molecular complexity index is 1550. The Morgan fingerprint density at radius 2 is 1.40 bits per heavy atom. The second-order valence-corrected chi connectivity index (χ2v) is 10.4. The van der Waals surface area contributed by atoms with E-state index in [0.717, 1.165) is 10.0 Å². The zero-order valence-electron chi connectivity index (χ0n) is 21.2. The van der Waals surface area contributed by atoms with Gasteiger partial charge in [0.25, 0.3) is 11.8 Å². The van der Waals surface area contributed by atoms with Gasteiger partial charge in [0.15, 0.2) is 16.6 Å². The van der Waals surface area contributed by atoms with Gasteiger partial charge in [0.05, 0.1) is 23.5 Å². The molecule has 5 rings (SSSR count). The van der Waals surface area contributed by atoms with Gasteiger partial charge in [-0.3, -0.25) is 19.4 Å². The fraction of sp³-hybridized carbons (Fsp3) is 0.0645. The molecular weight excluding hydrogens is 612 g/mol. The Hall–Kier alpha value is -3.98. The molecule has 0 aliphatic carbocycles. The largest absolute Gasteiger partial charge is 0.493 e. The first-order valence-corrected chi connectivity index (χ1v) is 13.7. The fourth-order valence-corrected chi connectivity index (χ4v) is 5.12. The third-order valence-corrected chi connectivity index (χ3v) is 7.31. The predicted octanol–water partition coefficient (Wildman–Crippen LogP) is 7.44. The Morgan fingerprint density at radius 3 is 1.93 bits per heavy atom. The molecule has 4 aromatic rings. The van der Waals surface area contributed by atoms with Crippen molar-refractivity contribution in [3.05, 3.63) is 123 Å². The molecule has 40 heavy (non-hydrogen) atoms. The normalized spacial score (nSPS) is 13.5. The monoisotopic (exact) mass is 632 g/mol. The van der Waals surface area contributed by atoms with Crippen LogP contribution in [-0.2, 0) is 16.2 Å². The highest BCUT2D eigenvalue weighted by Crippen LogP contribution is 2.38. The maximum Gasteiger partial charge on any atom is 0.270 e. The Labute approximate surface area is 250 Å². The Balaban J connectivity index is 1.53. The molecule has 6 nitrogen and oxygen atoms in total. The number of amides is 2. The van der Waals surface area contributed by atoms with E-state index in [2.05, 4.69) is 15.9 Å². The standard InChI is InChI=1S/C31H22BrClN2O4S/c1-38-27-18-21(17-26(33)28(27)39-19-20-12-14-22(32)15-13-20)16-25-29(36)34(23-8-4-2-5-9-23)31(40)35(30(25)37)24-10-6-3-7-11-24/h2-18H,19H2,1H3. The van der Waals surface area contributed by atoms with E-state index >= 15 is 0 Å². The number of ether oxygens (including phenoxy) is 2. The van der Waals surface area contributed by atoms with Crippen LogP contribution in [0.4, 0.5) is 11.4 Å². The number of carbonyl (C=O) groups is 2. The highest BCUT2D eigenvalue weighted by atomic mass is 79.9. The molecule has 0 bridgehead atoms. The van der Waals surface area contributed by atoms with E-state index in [1.165, 1.54) is 23.0 Å². The van der Waals surface area contributed by atoms with E-state index in [4.69, 9.17) is 33.3 Å². The molecule has 0 atom stereocenters. The van der Waals surface area contributed by atoms with Gasteiger partial charge in [-0.15, -0.1) is 0 Å². The second kappa shape index (κ2) is 12.0. The summed E-state index contributed by atoms with van der Waals surface area (Å²) in [4.78, 5) is 30.2. The molecule has 1 aliphatic rings. The van der Waals surface area contributed by atoms with E-state index in [1.54, 1.807) is 60.7 Å². The zero-order valence-corrected chi connectivity index (χ0v) is 24.4. The van der Waals surface area contributed by atoms with Crippen LogP contribution in [0, 0.1) is 0 Å². The topological polar surface area (TPSA) is 59.1 Å². The quantitative estimate of drug-likeness (QED) is 0.120. The molecule has 0 aromatic heterocycles. The van der Waals surface area contributed by atoms with Crippen molar-refractivity contribution in [2.45, 2.75) is 6.61 Å². The van der Waals surface area contributed by atoms with Crippen molar-refractivity contribution in [1.29, 1.82) is 0 Å². The van der Waals surface area contributed by atoms with Gasteiger partial charge >= 0.3 is 0 Å². The van der Waals surface area contributed by atoms with Crippen molar-refractivity contribution < 1.29 is 19.1 Å². The van der Waals surface area contributed by atoms with Crippen LogP contribution >= 0.6 is 39.7 Å². The minimum absolute atomic E-state index is 0.0665. The third-order valence-electron chi connectivity index (χ3n) is 6.14. The number of thiocarbonyl (C=S) groups is 1. The number of halogens is 2. The van der Waals surface area contributed by atoms with E-state index in [1.807, 2.05) is 36.4 Å². The number of carbonyl (C=O) groups excluding carboxylic acids is 2. The van der Waals surface area contributed by atoms with Crippen LogP contribution in [0.25, 0.3) is 6.08 Å². The molecule has 0 N–H and O–H groups in total. The van der Waals surface area contributed by atoms with Crippen LogP contribution in [0.2, 0.25) is 5.02 Å². The summed E-state index contributed by atoms with van der Waals surface area (Å²) in [5.41, 5.74) is 2.45. The number of hydrogen-bond donors (Lipinski definition) is 0. The van der Waals surface area contributed by atoms with Crippen molar-refractivity contribution in [2.75, 3.05) is 16.9 Å². The highest BCUT2D eigenvalue weighted by molar-refractivity contribution is 9.10. The average molecular weight is 634 g/mol. The number of nitrogens with zero attached hydrogens (tertiary/aromatic N) is 2. The summed E-state index contributed by atoms with van der Waals surface area (Å²) in [5, 5.41) is 0.339. The molecule has 1 fully saturated rings. The number of hydrogen-bond acceptors (Lipinski definition) is 5. The number of benzene rings is 4. The number of methoxy groups -OCH3 is 1. The van der Waals surface area contributed by atoms with Crippen molar-refractivity contribution in [3.8, 4) is 11.5 Å². The summed E-state index contributed by atoms with van der Waals surface area (Å²) in [7, 11) is 1.50. The fourth-order valence-electron chi connectivity index (χ4n) is 4.21. The molecule has 4 aromatic carbocycles. The van der Waals surface area contributed by atoms with Crippen molar-refractivity contribution >= 4 is 74.1 Å². The maximum atomic E-state index is 13.7. The molecular formula is C31H22BrClN2O4S. The minimum Gasteiger partial charge on any atom is -0.493 e. The maximum absolute atomic E-state index is 13.7. The van der Waals surface area contributed by atoms with Crippen molar-refractivity contribution in [2.24, 2.45) is 0 Å². The molecule has 0 unspecified atom stereocenters. The lowest BCUT2D eigenvalue weighted by atomic mass is 10.0. The van der Waals surface area contributed by atoms with Gasteiger partial charge < -0.3 is 9.47 Å². The van der Waals surface area contributed by atoms with Crippen LogP contribution in [-0.4, -0.2) is 24.0 Å². The first-order valence-electron chi connectivity index (χ1n) is 12.2. The van der Waals surface area contributed by atoms with Gasteiger partial charge in [0.2, 0.25) is 0 Å². The molecule has 2 amide bonds. The predicted molar refractivity (Wildman–Crippen MR) is 165 cm³/mol. The summed E-state index contributed by atoms with van der Waals surface area (Å²) in [6.07, 6.45) is 1.49. The first-order chi connectivity index (χ1) is 19.4. The lowest BCUT2D eigenvalue weighted by molar-refractivity contribution is -0.120. The second-order valence-electron chi connectivity index (χ2n) is 8.74. The molecule has 0 radical (unpaired) electrons. The molecule has 1 heterocycles. The van der Waals surface area contributed by atoms with Gasteiger partial charge in [0, 0.05) is 4.47 Å². The van der Waals surface area contributed by atoms with Gasteiger partial charge in [-0.1, -0.05) is 76.1 Å². The molecule has 0 spiro atoms. The van der Waals surface area contributed by atoms with Crippen molar-refractivity contribution in [1.82, 2.24) is 0 Å². The Morgan fingerprint density at radius 1 is 0.850 bits per heavy atom. The smallest absolute Gasteiger partial charge is 0.270 e. The van der Waals surface area contributed by atoms with Crippen LogP contribution in [0.5, 0.6) is 11.5 Å². The van der Waals surface area contributed by atoms with Crippen LogP contribution in [0.3, 0.4) is 0 Å². The summed E-state index contributed by atoms with van der Waals surface area (Å²) in [6.45, 7) is 0.274. The zero-order chi connectivity index (χ0) is 28.2. The van der Waals surface area contributed by atoms with Crippen molar-refractivity contribution in [3.63, 3.8) is 0 Å². The van der Waals surface area contributed by atoms with Gasteiger partial charge in [-0.25, -0.2) is 0 Å². The van der Waals surface area contributed by atoms with E-state index in [9.17, 15) is 9.59 Å². The summed E-state index contributed by atoms with van der Waals surface area (Å²) >= 11 is 15.7. The average Bonchev–Trinajstić information content (AvgIpc) is 2.96. The third kappa shape index (κ3) is 5.65. The minimum atomic E-state index is -0.543. The van der Waals surface area contributed by atoms with E-state index < -0.39 is 11.8 Å². The molecule has 200 valence electrons. The number of para-hydroxylation sites is 2. The lowest BCUT2D eigenvalue weighted by Gasteiger charge is -2.36. The van der Waals surface area contributed by atoms with E-state index in [0.29, 0.717) is 28.4 Å². The molecule has 1 saturated heterocycles. The van der Waals surface area contributed by atoms with E-state index in [-0.39, 0.29) is 22.3 Å². The number of anilines is 2. The molecule has 1 aliphatic heterocycles. The van der Waals surface area contributed by atoms with Gasteiger partial charge in [-0.2, -0.15) is 0 Å². The molecule has 0 saturated carbocycles. The van der Waals surface area contributed by atoms with Gasteiger partial charge in [-0.05, 0) is 78.0 Å². The number of rotatable bonds is 7. The van der Waals surface area contributed by atoms with Gasteiger partial charge in [0.1, 0.15) is 12.2 Å². The summed E-state index contributed by atoms with van der Waals surface area (Å²) < 4.78 is 12.5. The highest BCUT2D eigenvalue weighted by Gasteiger charge is 2.41.